The van der Waals surface area contributed by atoms with E-state index in [4.69, 9.17) is 0 Å². The first-order valence-corrected chi connectivity index (χ1v) is 13.5. The van der Waals surface area contributed by atoms with E-state index in [9.17, 15) is 18.0 Å². The topological polar surface area (TPSA) is 86.8 Å². The van der Waals surface area contributed by atoms with Crippen molar-refractivity contribution in [2.75, 3.05) is 17.1 Å². The number of aryl methyl sites for hydroxylation is 1. The summed E-state index contributed by atoms with van der Waals surface area (Å²) in [6.07, 6.45) is 1.82. The smallest absolute Gasteiger partial charge is 0.244 e. The molecule has 2 rings (SSSR count). The van der Waals surface area contributed by atoms with Crippen molar-refractivity contribution < 1.29 is 18.0 Å². The molecule has 2 aromatic rings. The highest BCUT2D eigenvalue weighted by Crippen LogP contribution is 2.28. The van der Waals surface area contributed by atoms with Gasteiger partial charge in [0.2, 0.25) is 21.8 Å². The van der Waals surface area contributed by atoms with Crippen LogP contribution in [0.15, 0.2) is 53.0 Å². The Bertz CT molecular complexity index is 1090. The Labute approximate surface area is 205 Å². The third kappa shape index (κ3) is 7.57. The number of amides is 2. The van der Waals surface area contributed by atoms with Crippen LogP contribution in [0.25, 0.3) is 0 Å². The van der Waals surface area contributed by atoms with Crippen molar-refractivity contribution in [3.63, 3.8) is 0 Å². The van der Waals surface area contributed by atoms with Crippen LogP contribution in [0.4, 0.5) is 5.69 Å². The number of benzene rings is 2. The second kappa shape index (κ2) is 11.7. The van der Waals surface area contributed by atoms with Crippen LogP contribution in [-0.2, 0) is 26.2 Å². The molecule has 2 amide bonds. The first kappa shape index (κ1) is 26.9. The predicted molar refractivity (Wildman–Crippen MR) is 135 cm³/mol. The average Bonchev–Trinajstić information content (AvgIpc) is 2.75. The minimum atomic E-state index is -3.76. The fourth-order valence-electron chi connectivity index (χ4n) is 3.30. The molecule has 0 heterocycles. The monoisotopic (exact) mass is 537 g/mol. The highest BCUT2D eigenvalue weighted by atomic mass is 79.9. The van der Waals surface area contributed by atoms with Gasteiger partial charge in [0, 0.05) is 17.1 Å². The second-order valence-electron chi connectivity index (χ2n) is 8.23. The van der Waals surface area contributed by atoms with Gasteiger partial charge in [0.15, 0.2) is 0 Å². The van der Waals surface area contributed by atoms with Gasteiger partial charge in [0.05, 0.1) is 11.9 Å². The Balaban J connectivity index is 2.40. The first-order valence-electron chi connectivity index (χ1n) is 10.8. The third-order valence-corrected chi connectivity index (χ3v) is 7.20. The Morgan fingerprint density at radius 1 is 1.09 bits per heavy atom. The molecule has 33 heavy (non-hydrogen) atoms. The van der Waals surface area contributed by atoms with Crippen molar-refractivity contribution in [3.05, 3.63) is 64.1 Å². The minimum Gasteiger partial charge on any atom is -0.352 e. The molecular weight excluding hydrogens is 506 g/mol. The zero-order chi connectivity index (χ0) is 24.8. The summed E-state index contributed by atoms with van der Waals surface area (Å²) in [6.45, 7) is 7.24. The van der Waals surface area contributed by atoms with Crippen molar-refractivity contribution in [3.8, 4) is 0 Å². The highest BCUT2D eigenvalue weighted by molar-refractivity contribution is 9.10. The van der Waals surface area contributed by atoms with Crippen LogP contribution in [0.5, 0.6) is 0 Å². The van der Waals surface area contributed by atoms with E-state index in [-0.39, 0.29) is 18.5 Å². The molecule has 9 heteroatoms. The van der Waals surface area contributed by atoms with Gasteiger partial charge in [-0.05, 0) is 60.8 Å². The number of hydrogen-bond acceptors (Lipinski definition) is 4. The SMILES string of the molecule is CC[C@H](C)NC(=O)[C@H](C)N(Cc1cccc(C)c1)C(=O)CN(c1ccccc1Br)S(C)(=O)=O. The number of halogens is 1. The quantitative estimate of drug-likeness (QED) is 0.498. The summed E-state index contributed by atoms with van der Waals surface area (Å²) >= 11 is 3.37. The van der Waals surface area contributed by atoms with E-state index in [1.807, 2.05) is 45.0 Å². The second-order valence-corrected chi connectivity index (χ2v) is 11.0. The molecule has 0 fully saturated rings. The lowest BCUT2D eigenvalue weighted by Crippen LogP contribution is -2.52. The third-order valence-electron chi connectivity index (χ3n) is 5.40. The number of sulfonamides is 1. The summed E-state index contributed by atoms with van der Waals surface area (Å²) in [6, 6.07) is 13.7. The maximum Gasteiger partial charge on any atom is 0.244 e. The van der Waals surface area contributed by atoms with E-state index >= 15 is 0 Å². The summed E-state index contributed by atoms with van der Waals surface area (Å²) in [5.74, 6) is -0.748. The van der Waals surface area contributed by atoms with E-state index in [1.165, 1.54) is 4.90 Å². The molecule has 0 saturated heterocycles. The number of hydrogen-bond donors (Lipinski definition) is 1. The molecule has 180 valence electrons. The molecule has 0 radical (unpaired) electrons. The van der Waals surface area contributed by atoms with Gasteiger partial charge in [-0.2, -0.15) is 0 Å². The molecule has 2 aromatic carbocycles. The van der Waals surface area contributed by atoms with Gasteiger partial charge in [-0.3, -0.25) is 13.9 Å². The zero-order valence-electron chi connectivity index (χ0n) is 19.7. The maximum absolute atomic E-state index is 13.5. The molecule has 7 nitrogen and oxygen atoms in total. The fraction of sp³-hybridized carbons (Fsp3) is 0.417. The van der Waals surface area contributed by atoms with Crippen molar-refractivity contribution in [1.29, 1.82) is 0 Å². The largest absolute Gasteiger partial charge is 0.352 e. The lowest BCUT2D eigenvalue weighted by Gasteiger charge is -2.32. The lowest BCUT2D eigenvalue weighted by molar-refractivity contribution is -0.139. The first-order chi connectivity index (χ1) is 15.4. The average molecular weight is 539 g/mol. The molecule has 0 aliphatic carbocycles. The van der Waals surface area contributed by atoms with Gasteiger partial charge in [-0.15, -0.1) is 0 Å². The van der Waals surface area contributed by atoms with Crippen LogP contribution in [0, 0.1) is 6.92 Å². The van der Waals surface area contributed by atoms with E-state index in [0.717, 1.165) is 28.1 Å². The van der Waals surface area contributed by atoms with Crippen molar-refractivity contribution in [2.45, 2.75) is 52.7 Å². The summed E-state index contributed by atoms with van der Waals surface area (Å²) < 4.78 is 26.8. The van der Waals surface area contributed by atoms with Crippen LogP contribution in [0.2, 0.25) is 0 Å². The van der Waals surface area contributed by atoms with Gasteiger partial charge < -0.3 is 10.2 Å². The minimum absolute atomic E-state index is 0.0383. The Morgan fingerprint density at radius 3 is 2.33 bits per heavy atom. The molecule has 0 unspecified atom stereocenters. The van der Waals surface area contributed by atoms with Gasteiger partial charge >= 0.3 is 0 Å². The Morgan fingerprint density at radius 2 is 1.76 bits per heavy atom. The van der Waals surface area contributed by atoms with Crippen molar-refractivity contribution >= 4 is 43.5 Å². The fourth-order valence-corrected chi connectivity index (χ4v) is 4.78. The van der Waals surface area contributed by atoms with Gasteiger partial charge in [-0.25, -0.2) is 8.42 Å². The number of nitrogens with one attached hydrogen (secondary N) is 1. The number of carbonyl (C=O) groups excluding carboxylic acids is 2. The van der Waals surface area contributed by atoms with Gasteiger partial charge in [0.1, 0.15) is 12.6 Å². The van der Waals surface area contributed by atoms with Crippen LogP contribution < -0.4 is 9.62 Å². The number of nitrogens with zero attached hydrogens (tertiary/aromatic N) is 2. The van der Waals surface area contributed by atoms with Gasteiger partial charge in [0.25, 0.3) is 0 Å². The molecule has 0 aliphatic rings. The van der Waals surface area contributed by atoms with Crippen molar-refractivity contribution in [2.24, 2.45) is 0 Å². The predicted octanol–water partition coefficient (Wildman–Crippen LogP) is 3.86. The number of rotatable bonds is 10. The molecule has 0 spiro atoms. The Kier molecular flexibility index (Phi) is 9.48. The van der Waals surface area contributed by atoms with E-state index in [0.29, 0.717) is 10.2 Å². The molecule has 2 atom stereocenters. The molecule has 0 bridgehead atoms. The number of anilines is 1. The highest BCUT2D eigenvalue weighted by Gasteiger charge is 2.31. The van der Waals surface area contributed by atoms with E-state index < -0.39 is 28.5 Å². The maximum atomic E-state index is 13.5. The van der Waals surface area contributed by atoms with Crippen LogP contribution in [0.1, 0.15) is 38.3 Å². The van der Waals surface area contributed by atoms with E-state index in [2.05, 4.69) is 21.2 Å². The van der Waals surface area contributed by atoms with Crippen LogP contribution in [-0.4, -0.2) is 50.0 Å². The summed E-state index contributed by atoms with van der Waals surface area (Å²) in [5.41, 5.74) is 2.25. The summed E-state index contributed by atoms with van der Waals surface area (Å²) in [5, 5.41) is 2.91. The summed E-state index contributed by atoms with van der Waals surface area (Å²) in [4.78, 5) is 27.8. The van der Waals surface area contributed by atoms with Crippen molar-refractivity contribution in [1.82, 2.24) is 10.2 Å². The summed E-state index contributed by atoms with van der Waals surface area (Å²) in [7, 11) is -3.76. The number of para-hydroxylation sites is 1. The van der Waals surface area contributed by atoms with Crippen LogP contribution in [0.3, 0.4) is 0 Å². The zero-order valence-corrected chi connectivity index (χ0v) is 22.1. The normalized spacial score (nSPS) is 13.2. The molecule has 0 aromatic heterocycles. The Hall–Kier alpha value is -2.39. The van der Waals surface area contributed by atoms with Crippen LogP contribution >= 0.6 is 15.9 Å². The molecule has 0 saturated carbocycles. The molecular formula is C24H32BrN3O4S. The van der Waals surface area contributed by atoms with E-state index in [1.54, 1.807) is 31.2 Å². The number of carbonyl (C=O) groups is 2. The molecule has 1 N–H and O–H groups in total. The lowest BCUT2D eigenvalue weighted by atomic mass is 10.1. The van der Waals surface area contributed by atoms with Gasteiger partial charge in [-0.1, -0.05) is 48.9 Å². The standard InChI is InChI=1S/C24H32BrN3O4S/c1-6-18(3)26-24(30)19(4)27(15-20-11-9-10-17(2)14-20)23(29)16-28(33(5,31)32)22-13-8-7-12-21(22)25/h7-14,18-19H,6,15-16H2,1-5H3,(H,26,30)/t18-,19-/m0/s1. The molecule has 0 aliphatic heterocycles.